The number of fused-ring (bicyclic) bond motifs is 1. The second-order valence-corrected chi connectivity index (χ2v) is 5.84. The van der Waals surface area contributed by atoms with Crippen molar-refractivity contribution in [1.29, 1.82) is 0 Å². The molecular weight excluding hydrogens is 304 g/mol. The highest BCUT2D eigenvalue weighted by Gasteiger charge is 2.36. The number of nitrogens with one attached hydrogen (secondary N) is 1. The highest BCUT2D eigenvalue weighted by molar-refractivity contribution is 6.34. The van der Waals surface area contributed by atoms with Gasteiger partial charge in [0.1, 0.15) is 0 Å². The first-order valence-electron chi connectivity index (χ1n) is 7.91. The normalized spacial score (nSPS) is 14.5. The lowest BCUT2D eigenvalue weighted by atomic mass is 10.1. The lowest BCUT2D eigenvalue weighted by Gasteiger charge is -2.13. The molecule has 3 rings (SSSR count). The van der Waals surface area contributed by atoms with E-state index < -0.39 is 0 Å². The maximum Gasteiger partial charge on any atom is 0.266 e. The zero-order chi connectivity index (χ0) is 17.3. The molecule has 1 unspecified atom stereocenters. The van der Waals surface area contributed by atoms with Crippen molar-refractivity contribution in [3.05, 3.63) is 59.7 Å². The SMILES string of the molecule is CCC(C)C(=O)Nc1ccc2c(c1)C(=O)N(c1ccccc1)C2=O. The molecule has 0 aliphatic carbocycles. The molecule has 1 aliphatic rings. The summed E-state index contributed by atoms with van der Waals surface area (Å²) in [5, 5.41) is 2.79. The average Bonchev–Trinajstić information content (AvgIpc) is 2.85. The molecule has 3 amide bonds. The zero-order valence-electron chi connectivity index (χ0n) is 13.6. The molecule has 0 radical (unpaired) electrons. The minimum absolute atomic E-state index is 0.103. The highest BCUT2D eigenvalue weighted by Crippen LogP contribution is 2.30. The van der Waals surface area contributed by atoms with Gasteiger partial charge in [0, 0.05) is 11.6 Å². The summed E-state index contributed by atoms with van der Waals surface area (Å²) in [6, 6.07) is 13.6. The van der Waals surface area contributed by atoms with Crippen molar-refractivity contribution >= 4 is 29.1 Å². The van der Waals surface area contributed by atoms with Crippen LogP contribution in [0, 0.1) is 5.92 Å². The first-order chi connectivity index (χ1) is 11.5. The summed E-state index contributed by atoms with van der Waals surface area (Å²) >= 11 is 0. The van der Waals surface area contributed by atoms with E-state index in [0.29, 0.717) is 22.5 Å². The lowest BCUT2D eigenvalue weighted by Crippen LogP contribution is -2.29. The molecule has 0 aromatic heterocycles. The topological polar surface area (TPSA) is 66.5 Å². The zero-order valence-corrected chi connectivity index (χ0v) is 13.6. The summed E-state index contributed by atoms with van der Waals surface area (Å²) in [5.41, 5.74) is 1.72. The molecule has 0 bridgehead atoms. The van der Waals surface area contributed by atoms with Gasteiger partial charge in [0.2, 0.25) is 5.91 Å². The molecule has 0 fully saturated rings. The quantitative estimate of drug-likeness (QED) is 0.877. The van der Waals surface area contributed by atoms with Gasteiger partial charge in [-0.3, -0.25) is 14.4 Å². The van der Waals surface area contributed by atoms with Crippen molar-refractivity contribution in [3.8, 4) is 0 Å². The fraction of sp³-hybridized carbons (Fsp3) is 0.211. The molecule has 1 heterocycles. The van der Waals surface area contributed by atoms with Crippen molar-refractivity contribution in [3.63, 3.8) is 0 Å². The molecule has 1 atom stereocenters. The van der Waals surface area contributed by atoms with Crippen LogP contribution in [-0.4, -0.2) is 17.7 Å². The number of rotatable bonds is 4. The molecule has 0 saturated heterocycles. The fourth-order valence-corrected chi connectivity index (χ4v) is 2.58. The molecule has 1 aliphatic heterocycles. The molecule has 1 N–H and O–H groups in total. The van der Waals surface area contributed by atoms with Crippen molar-refractivity contribution in [1.82, 2.24) is 0 Å². The van der Waals surface area contributed by atoms with Crippen LogP contribution >= 0.6 is 0 Å². The third kappa shape index (κ3) is 2.69. The van der Waals surface area contributed by atoms with Crippen LogP contribution in [0.4, 0.5) is 11.4 Å². The van der Waals surface area contributed by atoms with E-state index in [1.54, 1.807) is 42.5 Å². The first-order valence-corrected chi connectivity index (χ1v) is 7.91. The number of hydrogen-bond donors (Lipinski definition) is 1. The number of benzene rings is 2. The molecule has 5 heteroatoms. The van der Waals surface area contributed by atoms with Crippen molar-refractivity contribution in [2.24, 2.45) is 5.92 Å². The molecule has 24 heavy (non-hydrogen) atoms. The molecular formula is C19H18N2O3. The van der Waals surface area contributed by atoms with Gasteiger partial charge in [-0.05, 0) is 36.8 Å². The Bertz CT molecular complexity index is 815. The predicted octanol–water partition coefficient (Wildman–Crippen LogP) is 3.47. The fourth-order valence-electron chi connectivity index (χ4n) is 2.58. The Morgan fingerprint density at radius 1 is 1.04 bits per heavy atom. The summed E-state index contributed by atoms with van der Waals surface area (Å²) in [6.07, 6.45) is 0.732. The Kier molecular flexibility index (Phi) is 4.16. The van der Waals surface area contributed by atoms with Crippen LogP contribution in [0.25, 0.3) is 0 Å². The number of hydrogen-bond acceptors (Lipinski definition) is 3. The third-order valence-electron chi connectivity index (χ3n) is 4.23. The van der Waals surface area contributed by atoms with Gasteiger partial charge >= 0.3 is 0 Å². The number of para-hydroxylation sites is 1. The van der Waals surface area contributed by atoms with Gasteiger partial charge in [0.05, 0.1) is 16.8 Å². The molecule has 0 saturated carbocycles. The monoisotopic (exact) mass is 322 g/mol. The molecule has 2 aromatic rings. The van der Waals surface area contributed by atoms with Gasteiger partial charge in [-0.25, -0.2) is 4.90 Å². The molecule has 0 spiro atoms. The largest absolute Gasteiger partial charge is 0.326 e. The Labute approximate surface area is 140 Å². The smallest absolute Gasteiger partial charge is 0.266 e. The highest BCUT2D eigenvalue weighted by atomic mass is 16.2. The van der Waals surface area contributed by atoms with Crippen LogP contribution in [0.15, 0.2) is 48.5 Å². The van der Waals surface area contributed by atoms with Crippen LogP contribution in [0.1, 0.15) is 41.0 Å². The van der Waals surface area contributed by atoms with E-state index in [1.807, 2.05) is 19.9 Å². The van der Waals surface area contributed by atoms with E-state index in [2.05, 4.69) is 5.32 Å². The molecule has 5 nitrogen and oxygen atoms in total. The van der Waals surface area contributed by atoms with Gasteiger partial charge in [-0.1, -0.05) is 32.0 Å². The minimum Gasteiger partial charge on any atom is -0.326 e. The van der Waals surface area contributed by atoms with Gasteiger partial charge in [-0.2, -0.15) is 0 Å². The second-order valence-electron chi connectivity index (χ2n) is 5.84. The number of nitrogens with zero attached hydrogens (tertiary/aromatic N) is 1. The first kappa shape index (κ1) is 15.9. The van der Waals surface area contributed by atoms with Crippen molar-refractivity contribution in [2.75, 3.05) is 10.2 Å². The van der Waals surface area contributed by atoms with E-state index in [-0.39, 0.29) is 23.6 Å². The predicted molar refractivity (Wildman–Crippen MR) is 92.1 cm³/mol. The summed E-state index contributed by atoms with van der Waals surface area (Å²) < 4.78 is 0. The number of carbonyl (C=O) groups is 3. The van der Waals surface area contributed by atoms with E-state index in [0.717, 1.165) is 11.3 Å². The maximum atomic E-state index is 12.6. The van der Waals surface area contributed by atoms with Crippen LogP contribution in [0.2, 0.25) is 0 Å². The summed E-state index contributed by atoms with van der Waals surface area (Å²) in [4.78, 5) is 38.3. The van der Waals surface area contributed by atoms with E-state index in [9.17, 15) is 14.4 Å². The van der Waals surface area contributed by atoms with Gasteiger partial charge in [0.15, 0.2) is 0 Å². The summed E-state index contributed by atoms with van der Waals surface area (Å²) in [5.74, 6) is -0.938. The molecule has 2 aromatic carbocycles. The van der Waals surface area contributed by atoms with Crippen LogP contribution < -0.4 is 10.2 Å². The van der Waals surface area contributed by atoms with E-state index >= 15 is 0 Å². The number of carbonyl (C=O) groups excluding carboxylic acids is 3. The van der Waals surface area contributed by atoms with Crippen LogP contribution in [-0.2, 0) is 4.79 Å². The lowest BCUT2D eigenvalue weighted by molar-refractivity contribution is -0.119. The van der Waals surface area contributed by atoms with Crippen molar-refractivity contribution in [2.45, 2.75) is 20.3 Å². The van der Waals surface area contributed by atoms with Gasteiger partial charge in [0.25, 0.3) is 11.8 Å². The Hall–Kier alpha value is -2.95. The Balaban J connectivity index is 1.91. The van der Waals surface area contributed by atoms with Crippen LogP contribution in [0.3, 0.4) is 0 Å². The maximum absolute atomic E-state index is 12.6. The van der Waals surface area contributed by atoms with Gasteiger partial charge in [-0.15, -0.1) is 0 Å². The number of imide groups is 1. The van der Waals surface area contributed by atoms with Gasteiger partial charge < -0.3 is 5.32 Å². The Morgan fingerprint density at radius 2 is 1.71 bits per heavy atom. The summed E-state index contributed by atoms with van der Waals surface area (Å²) in [7, 11) is 0. The van der Waals surface area contributed by atoms with Crippen LogP contribution in [0.5, 0.6) is 0 Å². The molecule has 122 valence electrons. The number of anilines is 2. The van der Waals surface area contributed by atoms with E-state index in [4.69, 9.17) is 0 Å². The third-order valence-corrected chi connectivity index (χ3v) is 4.23. The Morgan fingerprint density at radius 3 is 2.38 bits per heavy atom. The average molecular weight is 322 g/mol. The van der Waals surface area contributed by atoms with E-state index in [1.165, 1.54) is 0 Å². The standard InChI is InChI=1S/C19H18N2O3/c1-3-12(2)17(22)20-13-9-10-15-16(11-13)19(24)21(18(15)23)14-7-5-4-6-8-14/h4-12H,3H2,1-2H3,(H,20,22). The number of amides is 3. The minimum atomic E-state index is -0.374. The second kappa shape index (κ2) is 6.28. The van der Waals surface area contributed by atoms with Crippen molar-refractivity contribution < 1.29 is 14.4 Å². The summed E-state index contributed by atoms with van der Waals surface area (Å²) in [6.45, 7) is 3.78.